The minimum absolute atomic E-state index is 0. The summed E-state index contributed by atoms with van der Waals surface area (Å²) in [6.07, 6.45) is 0.563. The number of aliphatic imine (C=N–C) groups is 1. The van der Waals surface area contributed by atoms with Gasteiger partial charge in [-0.05, 0) is 42.3 Å². The standard InChI is InChI=1S/C26H32N6O4S.2H2S/c1-17-13-14-23(20-11-6-5-10-19(17)20)37(35,36)32-21(12-7-15-30-26(28)29)25(34)31-22(24(27)33)16-18-8-3-2-4-9-18;;/h2-6,8-11,13-14,21-22,32H,7,12,15-16H2,1H3,(H2,27,33)(H,31,34)(H4,28,29,30);2*1H2/t21-,22-;;/m0../s1. The number of nitrogens with one attached hydrogen (secondary N) is 2. The van der Waals surface area contributed by atoms with Crippen molar-refractivity contribution in [2.45, 2.75) is 43.2 Å². The molecule has 0 fully saturated rings. The summed E-state index contributed by atoms with van der Waals surface area (Å²) in [5.74, 6) is -1.52. The van der Waals surface area contributed by atoms with Crippen LogP contribution in [-0.4, -0.2) is 44.8 Å². The van der Waals surface area contributed by atoms with Gasteiger partial charge in [0.25, 0.3) is 0 Å². The Kier molecular flexibility index (Phi) is 13.3. The molecular weight excluding hydrogens is 557 g/mol. The summed E-state index contributed by atoms with van der Waals surface area (Å²) >= 11 is 0. The quantitative estimate of drug-likeness (QED) is 0.120. The molecular formula is C26H36N6O4S3. The molecule has 0 aliphatic rings. The minimum atomic E-state index is -4.13. The van der Waals surface area contributed by atoms with Crippen molar-refractivity contribution in [2.24, 2.45) is 22.2 Å². The lowest BCUT2D eigenvalue weighted by Crippen LogP contribution is -2.53. The zero-order valence-corrected chi connectivity index (χ0v) is 24.4. The molecule has 0 radical (unpaired) electrons. The fourth-order valence-electron chi connectivity index (χ4n) is 4.00. The molecule has 0 aliphatic heterocycles. The van der Waals surface area contributed by atoms with Crippen LogP contribution >= 0.6 is 27.0 Å². The van der Waals surface area contributed by atoms with E-state index in [9.17, 15) is 18.0 Å². The van der Waals surface area contributed by atoms with Crippen LogP contribution in [0.15, 0.2) is 76.6 Å². The van der Waals surface area contributed by atoms with E-state index in [1.807, 2.05) is 37.3 Å². The van der Waals surface area contributed by atoms with Crippen molar-refractivity contribution in [3.8, 4) is 0 Å². The highest BCUT2D eigenvalue weighted by Crippen LogP contribution is 2.26. The van der Waals surface area contributed by atoms with Gasteiger partial charge in [0.05, 0.1) is 4.90 Å². The number of primary amides is 1. The first-order valence-electron chi connectivity index (χ1n) is 11.8. The first-order chi connectivity index (χ1) is 17.6. The third-order valence-electron chi connectivity index (χ3n) is 5.89. The summed E-state index contributed by atoms with van der Waals surface area (Å²) < 4.78 is 29.5. The number of hydrogen-bond donors (Lipinski definition) is 5. The Labute approximate surface area is 242 Å². The van der Waals surface area contributed by atoms with Gasteiger partial charge in [-0.15, -0.1) is 0 Å². The van der Waals surface area contributed by atoms with Gasteiger partial charge in [0, 0.05) is 18.4 Å². The van der Waals surface area contributed by atoms with E-state index in [4.69, 9.17) is 17.2 Å². The lowest BCUT2D eigenvalue weighted by molar-refractivity contribution is -0.128. The highest BCUT2D eigenvalue weighted by Gasteiger charge is 2.29. The van der Waals surface area contributed by atoms with E-state index in [1.54, 1.807) is 30.3 Å². The van der Waals surface area contributed by atoms with Gasteiger partial charge in [-0.3, -0.25) is 14.6 Å². The second kappa shape index (κ2) is 15.4. The van der Waals surface area contributed by atoms with Crippen molar-refractivity contribution in [2.75, 3.05) is 6.54 Å². The zero-order valence-electron chi connectivity index (χ0n) is 21.6. The Balaban J connectivity index is 0.00000380. The van der Waals surface area contributed by atoms with Crippen LogP contribution in [0.2, 0.25) is 0 Å². The average molecular weight is 593 g/mol. The number of aryl methyl sites for hydroxylation is 1. The summed E-state index contributed by atoms with van der Waals surface area (Å²) in [5, 5.41) is 3.93. The third kappa shape index (κ3) is 9.46. The van der Waals surface area contributed by atoms with Crippen LogP contribution in [0.25, 0.3) is 10.8 Å². The molecule has 10 nitrogen and oxygen atoms in total. The zero-order chi connectivity index (χ0) is 27.0. The molecule has 39 heavy (non-hydrogen) atoms. The first kappa shape index (κ1) is 33.8. The van der Waals surface area contributed by atoms with Crippen molar-refractivity contribution >= 4 is 65.6 Å². The van der Waals surface area contributed by atoms with Gasteiger partial charge >= 0.3 is 0 Å². The summed E-state index contributed by atoms with van der Waals surface area (Å²) in [6, 6.07) is 17.2. The Hall–Kier alpha value is -3.26. The van der Waals surface area contributed by atoms with Crippen LogP contribution in [0.1, 0.15) is 24.0 Å². The van der Waals surface area contributed by atoms with Crippen molar-refractivity contribution in [1.82, 2.24) is 10.0 Å². The van der Waals surface area contributed by atoms with Crippen molar-refractivity contribution in [3.63, 3.8) is 0 Å². The van der Waals surface area contributed by atoms with Crippen LogP contribution in [-0.2, 0) is 26.0 Å². The van der Waals surface area contributed by atoms with Crippen molar-refractivity contribution < 1.29 is 18.0 Å². The predicted molar refractivity (Wildman–Crippen MR) is 165 cm³/mol. The molecule has 0 aromatic heterocycles. The molecule has 2 atom stereocenters. The highest BCUT2D eigenvalue weighted by atomic mass is 32.2. The maximum absolute atomic E-state index is 13.5. The molecule has 0 saturated carbocycles. The largest absolute Gasteiger partial charge is 0.370 e. The van der Waals surface area contributed by atoms with Crippen molar-refractivity contribution in [1.29, 1.82) is 0 Å². The molecule has 0 bridgehead atoms. The summed E-state index contributed by atoms with van der Waals surface area (Å²) in [7, 11) is -4.13. The smallest absolute Gasteiger partial charge is 0.241 e. The average Bonchev–Trinajstić information content (AvgIpc) is 2.86. The fraction of sp³-hybridized carbons (Fsp3) is 0.269. The maximum atomic E-state index is 13.5. The maximum Gasteiger partial charge on any atom is 0.241 e. The Morgan fingerprint density at radius 1 is 0.872 bits per heavy atom. The molecule has 0 aliphatic carbocycles. The number of nitrogens with two attached hydrogens (primary N) is 3. The highest BCUT2D eigenvalue weighted by molar-refractivity contribution is 7.89. The molecule has 0 saturated heterocycles. The van der Waals surface area contributed by atoms with Gasteiger partial charge in [0.2, 0.25) is 21.8 Å². The molecule has 13 heteroatoms. The molecule has 8 N–H and O–H groups in total. The van der Waals surface area contributed by atoms with Gasteiger partial charge in [-0.1, -0.05) is 60.7 Å². The molecule has 212 valence electrons. The van der Waals surface area contributed by atoms with E-state index in [0.29, 0.717) is 11.8 Å². The normalized spacial score (nSPS) is 12.3. The molecule has 3 aromatic carbocycles. The van der Waals surface area contributed by atoms with E-state index in [0.717, 1.165) is 16.5 Å². The number of guanidine groups is 1. The van der Waals surface area contributed by atoms with E-state index in [1.165, 1.54) is 6.07 Å². The monoisotopic (exact) mass is 592 g/mol. The number of hydrogen-bond acceptors (Lipinski definition) is 5. The number of benzene rings is 3. The SMILES string of the molecule is Cc1ccc(S(=O)(=O)N[C@@H](CCCN=C(N)N)C(=O)N[C@@H](Cc2ccccc2)C(N)=O)c2ccccc12.S.S. The topological polar surface area (TPSA) is 183 Å². The Morgan fingerprint density at radius 3 is 2.10 bits per heavy atom. The molecule has 0 spiro atoms. The molecule has 3 rings (SSSR count). The molecule has 0 unspecified atom stereocenters. The lowest BCUT2D eigenvalue weighted by atomic mass is 10.0. The number of sulfonamides is 1. The van der Waals surface area contributed by atoms with Crippen LogP contribution in [0, 0.1) is 6.92 Å². The van der Waals surface area contributed by atoms with Gasteiger partial charge < -0.3 is 22.5 Å². The number of rotatable bonds is 12. The van der Waals surface area contributed by atoms with E-state index in [-0.39, 0.29) is 57.2 Å². The number of amides is 2. The number of carbonyl (C=O) groups is 2. The summed E-state index contributed by atoms with van der Waals surface area (Å²) in [4.78, 5) is 29.3. The number of nitrogens with zero attached hydrogens (tertiary/aromatic N) is 1. The lowest BCUT2D eigenvalue weighted by Gasteiger charge is -2.22. The second-order valence-corrected chi connectivity index (χ2v) is 10.4. The Morgan fingerprint density at radius 2 is 1.49 bits per heavy atom. The van der Waals surface area contributed by atoms with E-state index < -0.39 is 33.9 Å². The molecule has 0 heterocycles. The van der Waals surface area contributed by atoms with Crippen LogP contribution in [0.3, 0.4) is 0 Å². The van der Waals surface area contributed by atoms with Gasteiger partial charge in [-0.2, -0.15) is 31.7 Å². The number of fused-ring (bicyclic) bond motifs is 1. The van der Waals surface area contributed by atoms with Gasteiger partial charge in [-0.25, -0.2) is 8.42 Å². The van der Waals surface area contributed by atoms with Gasteiger partial charge in [0.1, 0.15) is 12.1 Å². The third-order valence-corrected chi connectivity index (χ3v) is 7.42. The molecule has 3 aromatic rings. The van der Waals surface area contributed by atoms with Crippen LogP contribution in [0.5, 0.6) is 0 Å². The van der Waals surface area contributed by atoms with Crippen LogP contribution < -0.4 is 27.2 Å². The summed E-state index contributed by atoms with van der Waals surface area (Å²) in [5.41, 5.74) is 18.0. The fourth-order valence-corrected chi connectivity index (χ4v) is 5.44. The Bertz CT molecular complexity index is 1400. The first-order valence-corrected chi connectivity index (χ1v) is 13.3. The van der Waals surface area contributed by atoms with Crippen molar-refractivity contribution in [3.05, 3.63) is 77.9 Å². The van der Waals surface area contributed by atoms with Gasteiger partial charge in [0.15, 0.2) is 5.96 Å². The van der Waals surface area contributed by atoms with E-state index in [2.05, 4.69) is 15.0 Å². The minimum Gasteiger partial charge on any atom is -0.370 e. The summed E-state index contributed by atoms with van der Waals surface area (Å²) in [6.45, 7) is 2.09. The van der Waals surface area contributed by atoms with Crippen LogP contribution in [0.4, 0.5) is 0 Å². The number of carbonyl (C=O) groups excluding carboxylic acids is 2. The van der Waals surface area contributed by atoms with E-state index >= 15 is 0 Å². The molecule has 2 amide bonds. The predicted octanol–water partition coefficient (Wildman–Crippen LogP) is 1.29. The second-order valence-electron chi connectivity index (χ2n) is 8.70.